The van der Waals surface area contributed by atoms with Gasteiger partial charge in [0, 0.05) is 16.2 Å². The second-order valence-corrected chi connectivity index (χ2v) is 5.46. The lowest BCUT2D eigenvalue weighted by atomic mass is 10.2. The van der Waals surface area contributed by atoms with E-state index in [-0.39, 0.29) is 11.0 Å². The Morgan fingerprint density at radius 1 is 1.30 bits per heavy atom. The number of anilines is 1. The van der Waals surface area contributed by atoms with E-state index in [1.807, 2.05) is 25.1 Å². The molecule has 0 spiro atoms. The monoisotopic (exact) mass is 349 g/mol. The molecule has 0 aliphatic rings. The number of rotatable bonds is 2. The molecule has 0 radical (unpaired) electrons. The van der Waals surface area contributed by atoms with Gasteiger partial charge in [0.25, 0.3) is 5.91 Å². The van der Waals surface area contributed by atoms with E-state index in [0.29, 0.717) is 11.4 Å². The lowest BCUT2D eigenvalue weighted by molar-refractivity contribution is 0.0977. The zero-order valence-electron chi connectivity index (χ0n) is 10.7. The van der Waals surface area contributed by atoms with E-state index >= 15 is 0 Å². The van der Waals surface area contributed by atoms with Crippen molar-refractivity contribution in [1.29, 1.82) is 0 Å². The summed E-state index contributed by atoms with van der Waals surface area (Å²) < 4.78 is 0.837. The topological polar surface area (TPSA) is 54.0 Å². The van der Waals surface area contributed by atoms with Crippen LogP contribution in [-0.2, 0) is 0 Å². The summed E-state index contributed by atoms with van der Waals surface area (Å²) in [6.07, 6.45) is 1.68. The molecular formula is C14H12BrN3OS. The number of thiocarbonyl (C=S) groups is 1. The van der Waals surface area contributed by atoms with Crippen molar-refractivity contribution in [1.82, 2.24) is 10.3 Å². The van der Waals surface area contributed by atoms with E-state index in [2.05, 4.69) is 31.5 Å². The summed E-state index contributed by atoms with van der Waals surface area (Å²) >= 11 is 8.41. The number of hydrogen-bond donors (Lipinski definition) is 2. The quantitative estimate of drug-likeness (QED) is 0.817. The summed E-state index contributed by atoms with van der Waals surface area (Å²) in [4.78, 5) is 16.1. The standard InChI is InChI=1S/C14H12BrN3OS/c1-9-5-6-16-12(7-9)17-14(20)18-13(19)10-3-2-4-11(15)8-10/h2-8H,1H3,(H2,16,17,18,19,20). The number of halogens is 1. The highest BCUT2D eigenvalue weighted by atomic mass is 79.9. The summed E-state index contributed by atoms with van der Waals surface area (Å²) in [6, 6.07) is 10.8. The molecule has 1 aromatic carbocycles. The second-order valence-electron chi connectivity index (χ2n) is 4.14. The molecule has 1 amide bonds. The van der Waals surface area contributed by atoms with Gasteiger partial charge < -0.3 is 5.32 Å². The van der Waals surface area contributed by atoms with Crippen molar-refractivity contribution in [3.05, 3.63) is 58.2 Å². The van der Waals surface area contributed by atoms with Gasteiger partial charge in [-0.2, -0.15) is 0 Å². The molecule has 0 aliphatic carbocycles. The lowest BCUT2D eigenvalue weighted by Crippen LogP contribution is -2.34. The second kappa shape index (κ2) is 6.58. The van der Waals surface area contributed by atoms with Crippen molar-refractivity contribution in [2.24, 2.45) is 0 Å². The molecule has 6 heteroatoms. The van der Waals surface area contributed by atoms with Crippen LogP contribution in [0.4, 0.5) is 5.82 Å². The number of nitrogens with one attached hydrogen (secondary N) is 2. The number of pyridine rings is 1. The van der Waals surface area contributed by atoms with E-state index in [4.69, 9.17) is 12.2 Å². The Hall–Kier alpha value is -1.79. The van der Waals surface area contributed by atoms with Crippen LogP contribution < -0.4 is 10.6 Å². The van der Waals surface area contributed by atoms with Gasteiger partial charge in [0.2, 0.25) is 0 Å². The Morgan fingerprint density at radius 2 is 2.10 bits per heavy atom. The predicted octanol–water partition coefficient (Wildman–Crippen LogP) is 3.28. The number of carbonyl (C=O) groups excluding carboxylic acids is 1. The van der Waals surface area contributed by atoms with Crippen molar-refractivity contribution in [2.45, 2.75) is 6.92 Å². The highest BCUT2D eigenvalue weighted by Crippen LogP contribution is 2.11. The molecule has 0 saturated carbocycles. The highest BCUT2D eigenvalue weighted by Gasteiger charge is 2.08. The van der Waals surface area contributed by atoms with E-state index < -0.39 is 0 Å². The summed E-state index contributed by atoms with van der Waals surface area (Å²) in [5.74, 6) is 0.334. The summed E-state index contributed by atoms with van der Waals surface area (Å²) in [5, 5.41) is 5.70. The molecule has 0 aliphatic heterocycles. The van der Waals surface area contributed by atoms with Crippen molar-refractivity contribution < 1.29 is 4.79 Å². The molecule has 0 bridgehead atoms. The first-order chi connectivity index (χ1) is 9.54. The number of aromatic nitrogens is 1. The zero-order valence-corrected chi connectivity index (χ0v) is 13.1. The van der Waals surface area contributed by atoms with Gasteiger partial charge in [-0.05, 0) is 55.0 Å². The summed E-state index contributed by atoms with van der Waals surface area (Å²) in [5.41, 5.74) is 1.59. The van der Waals surface area contributed by atoms with Gasteiger partial charge in [-0.25, -0.2) is 4.98 Å². The normalized spacial score (nSPS) is 9.90. The van der Waals surface area contributed by atoms with Gasteiger partial charge in [0.05, 0.1) is 0 Å². The fraction of sp³-hybridized carbons (Fsp3) is 0.0714. The van der Waals surface area contributed by atoms with Crippen LogP contribution >= 0.6 is 28.1 Å². The van der Waals surface area contributed by atoms with Crippen LogP contribution in [-0.4, -0.2) is 16.0 Å². The van der Waals surface area contributed by atoms with Crippen LogP contribution in [0.5, 0.6) is 0 Å². The average molecular weight is 350 g/mol. The Bertz CT molecular complexity index is 660. The maximum absolute atomic E-state index is 12.0. The van der Waals surface area contributed by atoms with Crippen molar-refractivity contribution in [3.8, 4) is 0 Å². The molecular weight excluding hydrogens is 338 g/mol. The first kappa shape index (κ1) is 14.6. The fourth-order valence-electron chi connectivity index (χ4n) is 1.56. The summed E-state index contributed by atoms with van der Waals surface area (Å²) in [6.45, 7) is 1.95. The van der Waals surface area contributed by atoms with Crippen molar-refractivity contribution in [3.63, 3.8) is 0 Å². The smallest absolute Gasteiger partial charge is 0.257 e. The first-order valence-corrected chi connectivity index (χ1v) is 7.05. The maximum Gasteiger partial charge on any atom is 0.257 e. The fourth-order valence-corrected chi connectivity index (χ4v) is 2.15. The molecule has 1 aromatic heterocycles. The third kappa shape index (κ3) is 4.11. The maximum atomic E-state index is 12.0. The van der Waals surface area contributed by atoms with E-state index in [9.17, 15) is 4.79 Å². The summed E-state index contributed by atoms with van der Waals surface area (Å²) in [7, 11) is 0. The molecule has 0 saturated heterocycles. The third-order valence-corrected chi connectivity index (χ3v) is 3.17. The first-order valence-electron chi connectivity index (χ1n) is 5.85. The molecule has 0 atom stereocenters. The molecule has 4 nitrogen and oxygen atoms in total. The minimum Gasteiger partial charge on any atom is -0.317 e. The molecule has 0 fully saturated rings. The predicted molar refractivity (Wildman–Crippen MR) is 86.8 cm³/mol. The van der Waals surface area contributed by atoms with Crippen LogP contribution in [0.1, 0.15) is 15.9 Å². The van der Waals surface area contributed by atoms with Gasteiger partial charge >= 0.3 is 0 Å². The zero-order chi connectivity index (χ0) is 14.5. The Labute approximate surface area is 130 Å². The van der Waals surface area contributed by atoms with Crippen molar-refractivity contribution >= 4 is 45.0 Å². The van der Waals surface area contributed by atoms with Crippen LogP contribution in [0, 0.1) is 6.92 Å². The number of aryl methyl sites for hydroxylation is 1. The lowest BCUT2D eigenvalue weighted by Gasteiger charge is -2.09. The van der Waals surface area contributed by atoms with Crippen LogP contribution in [0.3, 0.4) is 0 Å². The van der Waals surface area contributed by atoms with E-state index in [0.717, 1.165) is 10.0 Å². The minimum atomic E-state index is -0.267. The largest absolute Gasteiger partial charge is 0.317 e. The highest BCUT2D eigenvalue weighted by molar-refractivity contribution is 9.10. The number of carbonyl (C=O) groups is 1. The van der Waals surface area contributed by atoms with Gasteiger partial charge in [0.15, 0.2) is 5.11 Å². The molecule has 2 N–H and O–H groups in total. The van der Waals surface area contributed by atoms with E-state index in [1.54, 1.807) is 24.4 Å². The van der Waals surface area contributed by atoms with Gasteiger partial charge in [-0.15, -0.1) is 0 Å². The molecule has 0 unspecified atom stereocenters. The van der Waals surface area contributed by atoms with Crippen LogP contribution in [0.2, 0.25) is 0 Å². The molecule has 20 heavy (non-hydrogen) atoms. The van der Waals surface area contributed by atoms with Crippen molar-refractivity contribution in [2.75, 3.05) is 5.32 Å². The number of amides is 1. The SMILES string of the molecule is Cc1ccnc(NC(=S)NC(=O)c2cccc(Br)c2)c1. The number of nitrogens with zero attached hydrogens (tertiary/aromatic N) is 1. The number of benzene rings is 1. The van der Waals surface area contributed by atoms with Crippen LogP contribution in [0.25, 0.3) is 0 Å². The Balaban J connectivity index is 1.99. The minimum absolute atomic E-state index is 0.216. The molecule has 1 heterocycles. The Kier molecular flexibility index (Phi) is 4.81. The Morgan fingerprint density at radius 3 is 2.80 bits per heavy atom. The van der Waals surface area contributed by atoms with Gasteiger partial charge in [-0.3, -0.25) is 10.1 Å². The third-order valence-electron chi connectivity index (χ3n) is 2.47. The average Bonchev–Trinajstić information content (AvgIpc) is 2.38. The van der Waals surface area contributed by atoms with E-state index in [1.165, 1.54) is 0 Å². The molecule has 2 aromatic rings. The van der Waals surface area contributed by atoms with Gasteiger partial charge in [-0.1, -0.05) is 22.0 Å². The molecule has 102 valence electrons. The number of hydrogen-bond acceptors (Lipinski definition) is 3. The van der Waals surface area contributed by atoms with Gasteiger partial charge in [0.1, 0.15) is 5.82 Å². The van der Waals surface area contributed by atoms with Crippen LogP contribution in [0.15, 0.2) is 47.1 Å². The molecule has 2 rings (SSSR count).